The summed E-state index contributed by atoms with van der Waals surface area (Å²) in [6.07, 6.45) is 0.675. The molecule has 1 aliphatic heterocycles. The van der Waals surface area contributed by atoms with E-state index < -0.39 is 11.7 Å². The summed E-state index contributed by atoms with van der Waals surface area (Å²) in [7, 11) is 0. The molecule has 0 radical (unpaired) electrons. The first kappa shape index (κ1) is 26.7. The Hall–Kier alpha value is -2.93. The molecule has 0 saturated carbocycles. The second-order valence-corrected chi connectivity index (χ2v) is 12.2. The molecule has 7 heteroatoms. The van der Waals surface area contributed by atoms with E-state index in [1.807, 2.05) is 45.0 Å². The Labute approximate surface area is 233 Å². The number of carbonyl (C=O) groups is 1. The van der Waals surface area contributed by atoms with E-state index in [0.717, 1.165) is 57.1 Å². The Bertz CT molecular complexity index is 1410. The van der Waals surface area contributed by atoms with E-state index in [2.05, 4.69) is 48.2 Å². The predicted molar refractivity (Wildman–Crippen MR) is 156 cm³/mol. The van der Waals surface area contributed by atoms with Crippen LogP contribution in [0.1, 0.15) is 55.9 Å². The van der Waals surface area contributed by atoms with Gasteiger partial charge in [0.15, 0.2) is 5.13 Å². The predicted octanol–water partition coefficient (Wildman–Crippen LogP) is 7.95. The lowest BCUT2D eigenvalue weighted by Gasteiger charge is -2.30. The number of aryl methyl sites for hydroxylation is 1. The summed E-state index contributed by atoms with van der Waals surface area (Å²) in [5.41, 5.74) is 6.06. The molecule has 0 spiro atoms. The topological polar surface area (TPSA) is 51.7 Å². The zero-order valence-electron chi connectivity index (χ0n) is 22.2. The van der Waals surface area contributed by atoms with E-state index >= 15 is 0 Å². The third-order valence-electron chi connectivity index (χ3n) is 6.91. The zero-order chi connectivity index (χ0) is 26.9. The van der Waals surface area contributed by atoms with Crippen molar-refractivity contribution in [1.29, 1.82) is 0 Å². The van der Waals surface area contributed by atoms with Crippen LogP contribution in [0.3, 0.4) is 0 Å². The van der Waals surface area contributed by atoms with Gasteiger partial charge in [-0.1, -0.05) is 65.4 Å². The molecule has 0 N–H and O–H groups in total. The van der Waals surface area contributed by atoms with Crippen molar-refractivity contribution in [3.8, 4) is 11.1 Å². The smallest absolute Gasteiger partial charge is 0.293 e. The van der Waals surface area contributed by atoms with Crippen molar-refractivity contribution >= 4 is 44.8 Å². The van der Waals surface area contributed by atoms with E-state index in [4.69, 9.17) is 26.1 Å². The molecule has 0 aliphatic carbocycles. The first-order chi connectivity index (χ1) is 18.2. The molecule has 0 bridgehead atoms. The summed E-state index contributed by atoms with van der Waals surface area (Å²) in [6, 6.07) is 20.8. The van der Waals surface area contributed by atoms with Gasteiger partial charge in [0, 0.05) is 29.6 Å². The number of anilines is 1. The maximum absolute atomic E-state index is 11.2. The Morgan fingerprint density at radius 2 is 1.89 bits per heavy atom. The van der Waals surface area contributed by atoms with E-state index in [9.17, 15) is 4.79 Å². The molecule has 1 aromatic heterocycles. The monoisotopic (exact) mass is 548 g/mol. The van der Waals surface area contributed by atoms with Crippen LogP contribution in [0.15, 0.2) is 60.7 Å². The molecule has 38 heavy (non-hydrogen) atoms. The Balaban J connectivity index is 1.62. The van der Waals surface area contributed by atoms with E-state index in [-0.39, 0.29) is 6.61 Å². The van der Waals surface area contributed by atoms with Crippen LogP contribution in [-0.2, 0) is 14.3 Å². The highest BCUT2D eigenvalue weighted by atomic mass is 35.5. The van der Waals surface area contributed by atoms with Gasteiger partial charge in [-0.3, -0.25) is 4.79 Å². The number of benzene rings is 3. The summed E-state index contributed by atoms with van der Waals surface area (Å²) in [5, 5.41) is 1.71. The van der Waals surface area contributed by atoms with E-state index in [0.29, 0.717) is 17.4 Å². The average molecular weight is 549 g/mol. The van der Waals surface area contributed by atoms with Crippen LogP contribution < -0.4 is 4.90 Å². The van der Waals surface area contributed by atoms with Crippen molar-refractivity contribution in [3.63, 3.8) is 0 Å². The minimum Gasteiger partial charge on any atom is -0.465 e. The van der Waals surface area contributed by atoms with Gasteiger partial charge in [0.2, 0.25) is 0 Å². The molecule has 198 valence electrons. The fourth-order valence-electron chi connectivity index (χ4n) is 5.31. The van der Waals surface area contributed by atoms with Crippen LogP contribution >= 0.6 is 22.9 Å². The average Bonchev–Trinajstić information content (AvgIpc) is 3.54. The molecule has 0 amide bonds. The molecule has 5 nitrogen and oxygen atoms in total. The van der Waals surface area contributed by atoms with Crippen molar-refractivity contribution in [3.05, 3.63) is 82.4 Å². The number of rotatable bonds is 8. The zero-order valence-corrected chi connectivity index (χ0v) is 23.8. The molecular weight excluding hydrogens is 516 g/mol. The summed E-state index contributed by atoms with van der Waals surface area (Å²) >= 11 is 7.98. The number of halogens is 1. The van der Waals surface area contributed by atoms with Gasteiger partial charge >= 0.3 is 0 Å². The number of ether oxygens (including phenoxy) is 2. The van der Waals surface area contributed by atoms with Crippen molar-refractivity contribution in [2.75, 3.05) is 24.6 Å². The largest absolute Gasteiger partial charge is 0.465 e. The minimum atomic E-state index is -0.435. The highest BCUT2D eigenvalue weighted by molar-refractivity contribution is 7.22. The Morgan fingerprint density at radius 1 is 1.16 bits per heavy atom. The van der Waals surface area contributed by atoms with Gasteiger partial charge < -0.3 is 14.4 Å². The highest BCUT2D eigenvalue weighted by Gasteiger charge is 2.30. The van der Waals surface area contributed by atoms with Crippen LogP contribution in [0, 0.1) is 6.92 Å². The number of thiazole rings is 1. The van der Waals surface area contributed by atoms with Gasteiger partial charge in [0.05, 0.1) is 15.8 Å². The molecule has 4 aromatic rings. The molecular formula is C31H33ClN2O3S. The Morgan fingerprint density at radius 3 is 2.58 bits per heavy atom. The van der Waals surface area contributed by atoms with Gasteiger partial charge in [-0.25, -0.2) is 4.98 Å². The number of hydrogen-bond donors (Lipinski definition) is 0. The Kier molecular flexibility index (Phi) is 7.75. The first-order valence-corrected chi connectivity index (χ1v) is 14.2. The fourth-order valence-corrected chi connectivity index (χ4v) is 6.60. The van der Waals surface area contributed by atoms with Crippen LogP contribution in [0.25, 0.3) is 21.3 Å². The summed E-state index contributed by atoms with van der Waals surface area (Å²) in [6.45, 7) is 10.7. The van der Waals surface area contributed by atoms with Gasteiger partial charge in [0.25, 0.3) is 6.47 Å². The van der Waals surface area contributed by atoms with Crippen LogP contribution in [-0.4, -0.2) is 36.8 Å². The van der Waals surface area contributed by atoms with Gasteiger partial charge in [-0.05, 0) is 74.6 Å². The molecule has 2 heterocycles. The van der Waals surface area contributed by atoms with Crippen molar-refractivity contribution in [2.24, 2.45) is 0 Å². The van der Waals surface area contributed by atoms with E-state index in [1.165, 1.54) is 5.56 Å². The molecule has 1 saturated heterocycles. The molecule has 3 aromatic carbocycles. The standard InChI is InChI=1S/C31H33ClN2O3S/c1-20-16-25-29(38-30(33-25)34-15-14-23(17-34)21-8-6-5-7-9-21)28(22-10-12-24(32)13-11-22)27(20)26(18-36-19-35)37-31(2,3)4/h5-13,16,19,23,26H,14-15,17-18H2,1-4H3. The fraction of sp³-hybridized carbons (Fsp3) is 0.355. The molecule has 1 fully saturated rings. The molecule has 1 aliphatic rings. The maximum atomic E-state index is 11.2. The van der Waals surface area contributed by atoms with Crippen molar-refractivity contribution in [1.82, 2.24) is 4.98 Å². The number of carbonyl (C=O) groups excluding carboxylic acids is 1. The highest BCUT2D eigenvalue weighted by Crippen LogP contribution is 2.45. The van der Waals surface area contributed by atoms with E-state index in [1.54, 1.807) is 11.3 Å². The molecule has 2 unspecified atom stereocenters. The van der Waals surface area contributed by atoms with Crippen molar-refractivity contribution in [2.45, 2.75) is 51.7 Å². The number of fused-ring (bicyclic) bond motifs is 1. The normalized spacial score (nSPS) is 16.7. The van der Waals surface area contributed by atoms with Crippen LogP contribution in [0.5, 0.6) is 0 Å². The summed E-state index contributed by atoms with van der Waals surface area (Å²) < 4.78 is 12.8. The lowest BCUT2D eigenvalue weighted by molar-refractivity contribution is -0.139. The number of hydrogen-bond acceptors (Lipinski definition) is 6. The van der Waals surface area contributed by atoms with Crippen LogP contribution in [0.4, 0.5) is 5.13 Å². The second-order valence-electron chi connectivity index (χ2n) is 10.8. The lowest BCUT2D eigenvalue weighted by atomic mass is 9.91. The van der Waals surface area contributed by atoms with Crippen LogP contribution in [0.2, 0.25) is 5.02 Å². The summed E-state index contributed by atoms with van der Waals surface area (Å²) in [4.78, 5) is 18.7. The van der Waals surface area contributed by atoms with Crippen molar-refractivity contribution < 1.29 is 14.3 Å². The number of aromatic nitrogens is 1. The second kappa shape index (κ2) is 11.0. The molecule has 2 atom stereocenters. The first-order valence-electron chi connectivity index (χ1n) is 13.0. The quantitative estimate of drug-likeness (QED) is 0.209. The third-order valence-corrected chi connectivity index (χ3v) is 8.31. The SMILES string of the molecule is Cc1cc2nc(N3CCC(c4ccccc4)C3)sc2c(-c2ccc(Cl)cc2)c1C(COC=O)OC(C)(C)C. The van der Waals surface area contributed by atoms with Gasteiger partial charge in [-0.15, -0.1) is 0 Å². The maximum Gasteiger partial charge on any atom is 0.293 e. The minimum absolute atomic E-state index is 0.129. The van der Waals surface area contributed by atoms with Gasteiger partial charge in [-0.2, -0.15) is 0 Å². The molecule has 5 rings (SSSR count). The number of nitrogens with zero attached hydrogens (tertiary/aromatic N) is 2. The van der Waals surface area contributed by atoms with Gasteiger partial charge in [0.1, 0.15) is 12.7 Å². The summed E-state index contributed by atoms with van der Waals surface area (Å²) in [5.74, 6) is 0.501. The third kappa shape index (κ3) is 5.73. The lowest BCUT2D eigenvalue weighted by Crippen LogP contribution is -2.26.